The van der Waals surface area contributed by atoms with E-state index in [1.807, 2.05) is 12.1 Å². The SMILES string of the molecule is C.CC(=O)c1c(-c2ccc(F)cc2)oc2cc(NCCCF)c(-c3cccc(C(=O)NC(C)(C#N)C4CC4)c3)cc12. The molecule has 0 aliphatic heterocycles. The molecular weight excluding hydrogens is 524 g/mol. The zero-order valence-corrected chi connectivity index (χ0v) is 22.3. The fourth-order valence-corrected chi connectivity index (χ4v) is 4.99. The Kier molecular flexibility index (Phi) is 8.57. The van der Waals surface area contributed by atoms with Crippen LogP contribution in [0.3, 0.4) is 0 Å². The van der Waals surface area contributed by atoms with Gasteiger partial charge >= 0.3 is 0 Å². The van der Waals surface area contributed by atoms with Crippen molar-refractivity contribution in [1.29, 1.82) is 5.26 Å². The quantitative estimate of drug-likeness (QED) is 0.152. The largest absolute Gasteiger partial charge is 0.455 e. The number of amides is 1. The molecule has 1 saturated carbocycles. The number of fused-ring (bicyclic) bond motifs is 1. The van der Waals surface area contributed by atoms with Crippen molar-refractivity contribution in [2.75, 3.05) is 18.5 Å². The number of furan rings is 1. The molecular formula is C33H33F2N3O3. The van der Waals surface area contributed by atoms with Crippen LogP contribution in [0.2, 0.25) is 0 Å². The van der Waals surface area contributed by atoms with E-state index in [2.05, 4.69) is 16.7 Å². The normalized spacial score (nSPS) is 14.0. The molecule has 1 fully saturated rings. The van der Waals surface area contributed by atoms with Gasteiger partial charge in [-0.1, -0.05) is 19.6 Å². The summed E-state index contributed by atoms with van der Waals surface area (Å²) >= 11 is 0. The Hall–Kier alpha value is -4.51. The van der Waals surface area contributed by atoms with Gasteiger partial charge in [-0.3, -0.25) is 14.0 Å². The van der Waals surface area contributed by atoms with Gasteiger partial charge in [0.25, 0.3) is 5.91 Å². The molecule has 1 amide bonds. The van der Waals surface area contributed by atoms with Gasteiger partial charge in [0.2, 0.25) is 0 Å². The number of alkyl halides is 1. The number of carbonyl (C=O) groups excluding carboxylic acids is 2. The highest BCUT2D eigenvalue weighted by molar-refractivity contribution is 6.13. The fourth-order valence-electron chi connectivity index (χ4n) is 4.99. The first kappa shape index (κ1) is 29.5. The van der Waals surface area contributed by atoms with Gasteiger partial charge in [-0.2, -0.15) is 5.26 Å². The lowest BCUT2D eigenvalue weighted by Gasteiger charge is -2.23. The lowest BCUT2D eigenvalue weighted by Crippen LogP contribution is -2.46. The van der Waals surface area contributed by atoms with Crippen LogP contribution in [0.4, 0.5) is 14.5 Å². The number of hydrogen-bond acceptors (Lipinski definition) is 5. The van der Waals surface area contributed by atoms with E-state index >= 15 is 0 Å². The van der Waals surface area contributed by atoms with E-state index in [0.717, 1.165) is 12.8 Å². The minimum atomic E-state index is -0.935. The van der Waals surface area contributed by atoms with Crippen molar-refractivity contribution in [2.45, 2.75) is 46.1 Å². The summed E-state index contributed by atoms with van der Waals surface area (Å²) in [6.45, 7) is 3.07. The van der Waals surface area contributed by atoms with Gasteiger partial charge in [0.1, 0.15) is 22.7 Å². The Bertz CT molecular complexity index is 1630. The Labute approximate surface area is 238 Å². The molecule has 1 atom stereocenters. The molecule has 5 rings (SSSR count). The molecule has 6 nitrogen and oxygen atoms in total. The van der Waals surface area contributed by atoms with Gasteiger partial charge in [-0.15, -0.1) is 0 Å². The standard InChI is InChI=1S/C32H29F2N3O3.CH4/c1-19(38)29-26-16-25(21-5-3-6-22(15-21)31(39)37-32(2,18-35)23-9-10-23)27(36-14-4-13-33)17-28(26)40-30(29)20-7-11-24(34)12-8-20;/h3,5-8,11-12,15-17,23,36H,4,9-10,13-14H2,1-2H3,(H,37,39);1H4. The molecule has 3 aromatic carbocycles. The first-order valence-corrected chi connectivity index (χ1v) is 13.3. The van der Waals surface area contributed by atoms with Crippen LogP contribution in [0.1, 0.15) is 61.3 Å². The molecule has 1 heterocycles. The molecule has 4 aromatic rings. The number of anilines is 1. The second-order valence-corrected chi connectivity index (χ2v) is 10.4. The average molecular weight is 558 g/mol. The van der Waals surface area contributed by atoms with Crippen LogP contribution in [0, 0.1) is 23.1 Å². The van der Waals surface area contributed by atoms with Gasteiger partial charge < -0.3 is 15.1 Å². The topological polar surface area (TPSA) is 95.1 Å². The maximum atomic E-state index is 13.6. The van der Waals surface area contributed by atoms with Crippen LogP contribution in [0.25, 0.3) is 33.4 Å². The van der Waals surface area contributed by atoms with E-state index < -0.39 is 18.0 Å². The first-order chi connectivity index (χ1) is 19.2. The number of nitrogens with one attached hydrogen (secondary N) is 2. The number of nitriles is 1. The highest BCUT2D eigenvalue weighted by atomic mass is 19.1. The molecule has 0 spiro atoms. The van der Waals surface area contributed by atoms with E-state index in [0.29, 0.717) is 63.2 Å². The second kappa shape index (κ2) is 11.9. The maximum Gasteiger partial charge on any atom is 0.252 e. The van der Waals surface area contributed by atoms with Crippen molar-refractivity contribution in [3.05, 3.63) is 77.6 Å². The number of benzene rings is 3. The van der Waals surface area contributed by atoms with Gasteiger partial charge in [-0.25, -0.2) is 4.39 Å². The van der Waals surface area contributed by atoms with Crippen molar-refractivity contribution in [3.63, 3.8) is 0 Å². The molecule has 41 heavy (non-hydrogen) atoms. The monoisotopic (exact) mass is 557 g/mol. The summed E-state index contributed by atoms with van der Waals surface area (Å²) in [6.07, 6.45) is 2.11. The molecule has 2 N–H and O–H groups in total. The van der Waals surface area contributed by atoms with Gasteiger partial charge in [0, 0.05) is 40.4 Å². The average Bonchev–Trinajstić information content (AvgIpc) is 3.74. The minimum Gasteiger partial charge on any atom is -0.455 e. The zero-order valence-electron chi connectivity index (χ0n) is 22.3. The molecule has 0 bridgehead atoms. The van der Waals surface area contributed by atoms with Gasteiger partial charge in [0.05, 0.1) is 18.3 Å². The Morgan fingerprint density at radius 1 is 1.10 bits per heavy atom. The van der Waals surface area contributed by atoms with Crippen LogP contribution >= 0.6 is 0 Å². The lowest BCUT2D eigenvalue weighted by molar-refractivity contribution is 0.0916. The highest BCUT2D eigenvalue weighted by Gasteiger charge is 2.43. The summed E-state index contributed by atoms with van der Waals surface area (Å²) in [6, 6.07) is 18.6. The summed E-state index contributed by atoms with van der Waals surface area (Å²) in [4.78, 5) is 26.0. The Morgan fingerprint density at radius 3 is 2.46 bits per heavy atom. The highest BCUT2D eigenvalue weighted by Crippen LogP contribution is 2.41. The number of rotatable bonds is 10. The van der Waals surface area contributed by atoms with Gasteiger partial charge in [0.15, 0.2) is 5.78 Å². The van der Waals surface area contributed by atoms with E-state index in [-0.39, 0.29) is 25.0 Å². The fraction of sp³-hybridized carbons (Fsp3) is 0.303. The van der Waals surface area contributed by atoms with Crippen LogP contribution in [-0.2, 0) is 0 Å². The van der Waals surface area contributed by atoms with Crippen LogP contribution in [-0.4, -0.2) is 30.4 Å². The Balaban J connectivity index is 0.00000387. The van der Waals surface area contributed by atoms with Gasteiger partial charge in [-0.05, 0) is 87.1 Å². The lowest BCUT2D eigenvalue weighted by atomic mass is 9.95. The number of ketones is 1. The second-order valence-electron chi connectivity index (χ2n) is 10.4. The van der Waals surface area contributed by atoms with Crippen LogP contribution < -0.4 is 10.6 Å². The third-order valence-electron chi connectivity index (χ3n) is 7.35. The summed E-state index contributed by atoms with van der Waals surface area (Å²) < 4.78 is 32.6. The molecule has 1 aliphatic rings. The predicted octanol–water partition coefficient (Wildman–Crippen LogP) is 7.94. The van der Waals surface area contributed by atoms with Crippen molar-refractivity contribution in [3.8, 4) is 28.5 Å². The van der Waals surface area contributed by atoms with E-state index in [4.69, 9.17) is 4.42 Å². The molecule has 0 radical (unpaired) electrons. The summed E-state index contributed by atoms with van der Waals surface area (Å²) in [5, 5.41) is 16.4. The van der Waals surface area contributed by atoms with Crippen molar-refractivity contribution in [2.24, 2.45) is 5.92 Å². The number of hydrogen-bond donors (Lipinski definition) is 2. The van der Waals surface area contributed by atoms with Crippen molar-refractivity contribution in [1.82, 2.24) is 5.32 Å². The molecule has 0 saturated heterocycles. The smallest absolute Gasteiger partial charge is 0.252 e. The molecule has 212 valence electrons. The molecule has 1 aromatic heterocycles. The number of halogens is 2. The van der Waals surface area contributed by atoms with Crippen molar-refractivity contribution >= 4 is 28.3 Å². The van der Waals surface area contributed by atoms with Crippen LogP contribution in [0.5, 0.6) is 0 Å². The predicted molar refractivity (Wildman–Crippen MR) is 157 cm³/mol. The van der Waals surface area contributed by atoms with Crippen molar-refractivity contribution < 1.29 is 22.8 Å². The van der Waals surface area contributed by atoms with E-state index in [1.54, 1.807) is 43.3 Å². The third-order valence-corrected chi connectivity index (χ3v) is 7.35. The van der Waals surface area contributed by atoms with Crippen LogP contribution in [0.15, 0.2) is 65.1 Å². The molecule has 8 heteroatoms. The number of carbonyl (C=O) groups is 2. The minimum absolute atomic E-state index is 0. The Morgan fingerprint density at radius 2 is 1.83 bits per heavy atom. The first-order valence-electron chi connectivity index (χ1n) is 13.3. The summed E-state index contributed by atoms with van der Waals surface area (Å²) in [5.74, 6) is -0.497. The molecule has 1 unspecified atom stereocenters. The van der Waals surface area contributed by atoms with E-state index in [1.165, 1.54) is 19.1 Å². The maximum absolute atomic E-state index is 13.6. The number of nitrogens with zero attached hydrogens (tertiary/aromatic N) is 1. The third kappa shape index (κ3) is 5.99. The van der Waals surface area contributed by atoms with E-state index in [9.17, 15) is 23.6 Å². The summed E-state index contributed by atoms with van der Waals surface area (Å²) in [5.41, 5.74) is 2.86. The summed E-state index contributed by atoms with van der Waals surface area (Å²) in [7, 11) is 0. The molecule has 1 aliphatic carbocycles. The zero-order chi connectivity index (χ0) is 28.4. The number of Topliss-reactive ketones (excluding diaryl/α,β-unsaturated/α-hetero) is 1.